The van der Waals surface area contributed by atoms with Gasteiger partial charge in [-0.3, -0.25) is 19.2 Å². The summed E-state index contributed by atoms with van der Waals surface area (Å²) in [7, 11) is 3.24. The average Bonchev–Trinajstić information content (AvgIpc) is 1.69. The van der Waals surface area contributed by atoms with Crippen LogP contribution in [0, 0.1) is 26.0 Å². The van der Waals surface area contributed by atoms with Crippen molar-refractivity contribution in [1.29, 1.82) is 0 Å². The quantitative estimate of drug-likeness (QED) is 0.0333. The van der Waals surface area contributed by atoms with Gasteiger partial charge in [0.25, 0.3) is 23.6 Å². The molecular formula is C86H78N16O13. The average molecular weight is 1540 g/mol. The molecule has 12 aromatic rings. The third-order valence-electron chi connectivity index (χ3n) is 20.1. The Kier molecular flexibility index (Phi) is 23.7. The van der Waals surface area contributed by atoms with E-state index in [1.54, 1.807) is 120 Å². The van der Waals surface area contributed by atoms with Crippen LogP contribution in [0.4, 0.5) is 45.5 Å². The molecule has 29 nitrogen and oxygen atoms in total. The largest absolute Gasteiger partial charge is 0.594 e. The molecule has 0 spiro atoms. The van der Waals surface area contributed by atoms with Gasteiger partial charge in [-0.05, 0) is 224 Å². The van der Waals surface area contributed by atoms with Gasteiger partial charge in [0, 0.05) is 88.4 Å². The number of azo groups is 2. The van der Waals surface area contributed by atoms with Crippen molar-refractivity contribution in [2.75, 3.05) is 66.6 Å². The molecule has 0 radical (unpaired) electrons. The van der Waals surface area contributed by atoms with E-state index in [1.165, 1.54) is 0 Å². The van der Waals surface area contributed by atoms with Crippen molar-refractivity contribution in [2.45, 2.75) is 80.1 Å². The number of aryl methyl sites for hydroxylation is 5. The van der Waals surface area contributed by atoms with Crippen LogP contribution in [0.15, 0.2) is 209 Å². The fourth-order valence-electron chi connectivity index (χ4n) is 14.4. The molecule has 29 heteroatoms. The second-order valence-corrected chi connectivity index (χ2v) is 26.9. The van der Waals surface area contributed by atoms with E-state index in [9.17, 15) is 29.2 Å². The molecule has 16 rings (SSSR count). The molecule has 4 aliphatic heterocycles. The first-order valence-corrected chi connectivity index (χ1v) is 37.1. The second-order valence-electron chi connectivity index (χ2n) is 26.9. The Morgan fingerprint density at radius 2 is 0.713 bits per heavy atom. The molecule has 8 heterocycles. The molecule has 580 valence electrons. The van der Waals surface area contributed by atoms with Gasteiger partial charge in [-0.25, -0.2) is 23.5 Å². The molecule has 0 fully saturated rings. The number of fused-ring (bicyclic) bond motifs is 4. The van der Waals surface area contributed by atoms with Crippen LogP contribution in [0.25, 0.3) is 22.7 Å². The van der Waals surface area contributed by atoms with Crippen LogP contribution >= 0.6 is 0 Å². The first kappa shape index (κ1) is 78.4. The molecule has 0 saturated heterocycles. The number of carbonyl (C=O) groups excluding carboxylic acids is 9. The van der Waals surface area contributed by atoms with Crippen LogP contribution in [0.1, 0.15) is 124 Å². The number of amides is 4. The summed E-state index contributed by atoms with van der Waals surface area (Å²) in [6, 6.07) is 59.1. The number of methoxy groups -OCH3 is 2. The van der Waals surface area contributed by atoms with Crippen molar-refractivity contribution in [2.24, 2.45) is 15.3 Å². The SMILES string of the molecule is CCOC(=O)c1nn(-c2ccc(C)cc2)c2c1CCN(c1ccc(N=Nc3ccc(N4CCc5c(CC)nn(-c6ccc(OC)cc6)c5C4=O)cc3)cc1)C2=O.CCc1nn(-c2ccc(OC)cc2)c2c1CCN(c1ccc(N=[N+]([O-])c3ccc(N4CCc5c(C)nn(-c6ccc(C)cc6)c5C4=O)cc3)cc1)C2=O.O=C=O.O=C=O. The van der Waals surface area contributed by atoms with Gasteiger partial charge in [-0.1, -0.05) is 54.1 Å². The molecule has 0 atom stereocenters. The standard InChI is InChI=1S/C43H40N8O5.C41H38N8O4.2CO2/c1-5-37-35-23-25-48(41(52)39(35)50(46-37)33-19-21-34(55-4)22-20-33)30-15-9-28(10-16-30)44-45-29-11-17-31(18-12-29)49-26-24-36-38(43(54)56-6-2)47-51(40(36)42(49)53)32-13-7-27(3)8-14-32;1-5-37-36-23-25-46(41(51)39(36)48(44-37)32-18-20-34(53-4)21-19-32)29-12-8-28(9-13-29)43-49(52)33-16-14-30(15-17-33)45-24-22-35-27(3)42-47(38(35)40(45)50)31-10-6-26(2)7-11-31;2*2-1-3/h7-22H,5-6,23-26H2,1-4H3;6-21H,5,22-25H2,1-4H3;;. The summed E-state index contributed by atoms with van der Waals surface area (Å²) in [4.78, 5) is 109. The molecule has 0 aliphatic carbocycles. The zero-order chi connectivity index (χ0) is 81.1. The first-order chi connectivity index (χ1) is 55.8. The van der Waals surface area contributed by atoms with E-state index in [0.29, 0.717) is 131 Å². The number of esters is 1. The minimum Gasteiger partial charge on any atom is -0.594 e. The van der Waals surface area contributed by atoms with Gasteiger partial charge in [-0.2, -0.15) is 49.8 Å². The van der Waals surface area contributed by atoms with Gasteiger partial charge in [-0.15, -0.1) is 0 Å². The maximum Gasteiger partial charge on any atom is 0.373 e. The second kappa shape index (κ2) is 34.7. The highest BCUT2D eigenvalue weighted by Crippen LogP contribution is 2.37. The lowest BCUT2D eigenvalue weighted by molar-refractivity contribution is -0.435. The number of aromatic nitrogens is 8. The molecule has 4 aromatic heterocycles. The molecule has 8 aromatic carbocycles. The number of hydrogen-bond donors (Lipinski definition) is 0. The number of ether oxygens (including phenoxy) is 3. The highest BCUT2D eigenvalue weighted by atomic mass is 16.5. The predicted molar refractivity (Wildman–Crippen MR) is 423 cm³/mol. The Morgan fingerprint density at radius 3 is 1.08 bits per heavy atom. The maximum atomic E-state index is 14.0. The van der Waals surface area contributed by atoms with Crippen molar-refractivity contribution >= 4 is 87.4 Å². The fourth-order valence-corrected chi connectivity index (χ4v) is 14.4. The van der Waals surface area contributed by atoms with Crippen LogP contribution in [0.5, 0.6) is 11.5 Å². The molecule has 115 heavy (non-hydrogen) atoms. The minimum absolute atomic E-state index is 0.105. The third-order valence-corrected chi connectivity index (χ3v) is 20.1. The summed E-state index contributed by atoms with van der Waals surface area (Å²) in [5.74, 6) is 0.278. The molecule has 0 saturated carbocycles. The van der Waals surface area contributed by atoms with Gasteiger partial charge in [0.2, 0.25) is 5.69 Å². The molecule has 0 unspecified atom stereocenters. The van der Waals surface area contributed by atoms with E-state index in [-0.39, 0.29) is 48.2 Å². The summed E-state index contributed by atoms with van der Waals surface area (Å²) in [5.41, 5.74) is 18.5. The van der Waals surface area contributed by atoms with Gasteiger partial charge in [0.15, 0.2) is 5.69 Å². The molecule has 4 aliphatic rings. The number of benzene rings is 8. The minimum atomic E-state index is -0.543. The van der Waals surface area contributed by atoms with Crippen molar-refractivity contribution in [3.8, 4) is 34.2 Å². The number of anilines is 4. The van der Waals surface area contributed by atoms with Crippen LogP contribution < -0.4 is 29.1 Å². The van der Waals surface area contributed by atoms with Crippen LogP contribution in [0.3, 0.4) is 0 Å². The van der Waals surface area contributed by atoms with Crippen molar-refractivity contribution in [1.82, 2.24) is 39.1 Å². The number of carbonyl (C=O) groups is 5. The van der Waals surface area contributed by atoms with Crippen LogP contribution in [0.2, 0.25) is 0 Å². The van der Waals surface area contributed by atoms with E-state index in [2.05, 4.69) is 27.4 Å². The predicted octanol–water partition coefficient (Wildman–Crippen LogP) is 14.3. The topological polar surface area (TPSA) is 329 Å². The van der Waals surface area contributed by atoms with Gasteiger partial charge in [0.05, 0.1) is 72.0 Å². The van der Waals surface area contributed by atoms with E-state index in [1.807, 2.05) is 161 Å². The van der Waals surface area contributed by atoms with Crippen molar-refractivity contribution in [3.05, 3.63) is 278 Å². The van der Waals surface area contributed by atoms with E-state index >= 15 is 0 Å². The van der Waals surface area contributed by atoms with Crippen LogP contribution in [-0.2, 0) is 62.4 Å². The van der Waals surface area contributed by atoms with Gasteiger partial charge in [0.1, 0.15) is 40.0 Å². The Labute approximate surface area is 660 Å². The van der Waals surface area contributed by atoms with Crippen molar-refractivity contribution < 1.29 is 62.2 Å². The number of rotatable bonds is 18. The highest BCUT2D eigenvalue weighted by Gasteiger charge is 2.38. The molecule has 4 amide bonds. The summed E-state index contributed by atoms with van der Waals surface area (Å²) in [5, 5.41) is 45.2. The van der Waals surface area contributed by atoms with E-state index in [4.69, 9.17) is 48.7 Å². The Morgan fingerprint density at radius 1 is 0.409 bits per heavy atom. The first-order valence-electron chi connectivity index (χ1n) is 37.1. The Balaban J connectivity index is 0.000000188. The van der Waals surface area contributed by atoms with E-state index < -0.39 is 5.97 Å². The smallest absolute Gasteiger partial charge is 0.373 e. The lowest BCUT2D eigenvalue weighted by Gasteiger charge is -2.28. The summed E-state index contributed by atoms with van der Waals surface area (Å²) >= 11 is 0. The molecular weight excluding hydrogens is 1470 g/mol. The normalized spacial score (nSPS) is 13.5. The molecule has 0 N–H and O–H groups in total. The van der Waals surface area contributed by atoms with Gasteiger partial charge >= 0.3 is 18.3 Å². The number of hydrogen-bond acceptors (Lipinski definition) is 20. The van der Waals surface area contributed by atoms with E-state index in [0.717, 1.165) is 92.0 Å². The number of nitrogens with zero attached hydrogens (tertiary/aromatic N) is 16. The summed E-state index contributed by atoms with van der Waals surface area (Å²) < 4.78 is 22.6. The Bertz CT molecular complexity index is 5750. The highest BCUT2D eigenvalue weighted by molar-refractivity contribution is 6.11. The zero-order valence-corrected chi connectivity index (χ0v) is 64.2. The Hall–Kier alpha value is -14.7. The monoisotopic (exact) mass is 1540 g/mol. The van der Waals surface area contributed by atoms with Crippen LogP contribution in [-0.4, -0.2) is 133 Å². The summed E-state index contributed by atoms with van der Waals surface area (Å²) in [6.45, 7) is 13.9. The zero-order valence-electron chi connectivity index (χ0n) is 64.2. The maximum absolute atomic E-state index is 14.0. The molecule has 0 bridgehead atoms. The lowest BCUT2D eigenvalue weighted by Crippen LogP contribution is -2.39. The summed E-state index contributed by atoms with van der Waals surface area (Å²) in [6.07, 6.45) is 4.45. The van der Waals surface area contributed by atoms with Gasteiger partial charge < -0.3 is 39.0 Å². The van der Waals surface area contributed by atoms with Crippen molar-refractivity contribution in [3.63, 3.8) is 0 Å². The lowest BCUT2D eigenvalue weighted by atomic mass is 10.0. The third kappa shape index (κ3) is 16.1. The fraction of sp³-hybridized carbons (Fsp3) is 0.221.